The molecular formula is C18H31N. The fourth-order valence-electron chi connectivity index (χ4n) is 2.75. The van der Waals surface area contributed by atoms with E-state index in [1.807, 2.05) is 0 Å². The maximum absolute atomic E-state index is 5.77. The average Bonchev–Trinajstić information content (AvgIpc) is 2.25. The highest BCUT2D eigenvalue weighted by atomic mass is 14.5. The van der Waals surface area contributed by atoms with Crippen LogP contribution in [0.4, 0.5) is 0 Å². The van der Waals surface area contributed by atoms with E-state index >= 15 is 0 Å². The van der Waals surface area contributed by atoms with Gasteiger partial charge in [-0.3, -0.25) is 0 Å². The molecule has 1 atom stereocenters. The van der Waals surface area contributed by atoms with Gasteiger partial charge in [0.2, 0.25) is 0 Å². The Morgan fingerprint density at radius 2 is 1.58 bits per heavy atom. The van der Waals surface area contributed by atoms with Crippen molar-refractivity contribution >= 4 is 0 Å². The van der Waals surface area contributed by atoms with Crippen molar-refractivity contribution in [2.75, 3.05) is 6.54 Å². The van der Waals surface area contributed by atoms with Crippen LogP contribution in [0.15, 0.2) is 24.3 Å². The van der Waals surface area contributed by atoms with Crippen LogP contribution in [-0.2, 0) is 6.42 Å². The summed E-state index contributed by atoms with van der Waals surface area (Å²) in [5.41, 5.74) is 9.30. The van der Waals surface area contributed by atoms with Gasteiger partial charge >= 0.3 is 0 Å². The van der Waals surface area contributed by atoms with Crippen molar-refractivity contribution in [1.82, 2.24) is 0 Å². The van der Waals surface area contributed by atoms with Crippen LogP contribution in [0.5, 0.6) is 0 Å². The summed E-state index contributed by atoms with van der Waals surface area (Å²) < 4.78 is 0. The van der Waals surface area contributed by atoms with Crippen LogP contribution in [0.25, 0.3) is 0 Å². The molecule has 0 heterocycles. The van der Waals surface area contributed by atoms with Crippen molar-refractivity contribution in [3.05, 3.63) is 35.4 Å². The van der Waals surface area contributed by atoms with E-state index in [4.69, 9.17) is 5.73 Å². The molecule has 1 nitrogen and oxygen atoms in total. The van der Waals surface area contributed by atoms with Crippen LogP contribution in [-0.4, -0.2) is 6.54 Å². The van der Waals surface area contributed by atoms with Gasteiger partial charge < -0.3 is 5.73 Å². The first-order valence-corrected chi connectivity index (χ1v) is 7.43. The maximum Gasteiger partial charge on any atom is -0.00366 e. The maximum atomic E-state index is 5.77. The molecule has 0 aliphatic carbocycles. The average molecular weight is 261 g/mol. The molecule has 0 amide bonds. The van der Waals surface area contributed by atoms with Crippen LogP contribution in [0.1, 0.15) is 65.0 Å². The summed E-state index contributed by atoms with van der Waals surface area (Å²) in [6, 6.07) is 8.83. The van der Waals surface area contributed by atoms with Crippen LogP contribution in [0.2, 0.25) is 0 Å². The molecule has 0 bridgehead atoms. The Bertz CT molecular complexity index is 393. The molecule has 1 aromatic carbocycles. The third-order valence-electron chi connectivity index (χ3n) is 3.71. The van der Waals surface area contributed by atoms with Gasteiger partial charge in [-0.2, -0.15) is 0 Å². The zero-order valence-electron chi connectivity index (χ0n) is 13.6. The Kier molecular flexibility index (Phi) is 5.20. The molecule has 2 N–H and O–H groups in total. The summed E-state index contributed by atoms with van der Waals surface area (Å²) in [5.74, 6) is 0.579. The Morgan fingerprint density at radius 3 is 2.05 bits per heavy atom. The Labute approximate surface area is 119 Å². The predicted octanol–water partition coefficient (Wildman–Crippen LogP) is 4.75. The molecule has 0 saturated carbocycles. The van der Waals surface area contributed by atoms with Gasteiger partial charge in [-0.25, -0.2) is 0 Å². The minimum absolute atomic E-state index is 0.276. The molecule has 1 rings (SSSR count). The topological polar surface area (TPSA) is 26.0 Å². The second-order valence-electron chi connectivity index (χ2n) is 7.92. The van der Waals surface area contributed by atoms with Crippen molar-refractivity contribution in [1.29, 1.82) is 0 Å². The first-order chi connectivity index (χ1) is 8.65. The molecule has 0 aliphatic heterocycles. The van der Waals surface area contributed by atoms with Gasteiger partial charge in [-0.05, 0) is 47.3 Å². The molecule has 19 heavy (non-hydrogen) atoms. The summed E-state index contributed by atoms with van der Waals surface area (Å²) in [6.45, 7) is 14.8. The van der Waals surface area contributed by atoms with E-state index in [9.17, 15) is 0 Å². The lowest BCUT2D eigenvalue weighted by Gasteiger charge is -2.37. The summed E-state index contributed by atoms with van der Waals surface area (Å²) >= 11 is 0. The minimum atomic E-state index is 0.276. The van der Waals surface area contributed by atoms with Gasteiger partial charge in [-0.15, -0.1) is 0 Å². The zero-order valence-corrected chi connectivity index (χ0v) is 13.6. The minimum Gasteiger partial charge on any atom is -0.330 e. The van der Waals surface area contributed by atoms with Crippen molar-refractivity contribution in [3.63, 3.8) is 0 Å². The molecule has 0 fully saturated rings. The lowest BCUT2D eigenvalue weighted by Crippen LogP contribution is -2.25. The lowest BCUT2D eigenvalue weighted by atomic mass is 9.68. The molecular weight excluding hydrogens is 230 g/mol. The standard InChI is InChI=1S/C18H31N/c1-17(2,3)13-16(18(4,5)6)15-10-8-7-9-14(15)11-12-19/h7-10,16H,11-13,19H2,1-6H3. The summed E-state index contributed by atoms with van der Waals surface area (Å²) in [6.07, 6.45) is 2.19. The third-order valence-corrected chi connectivity index (χ3v) is 3.71. The fourth-order valence-corrected chi connectivity index (χ4v) is 2.75. The SMILES string of the molecule is CC(C)(C)CC(c1ccccc1CCN)C(C)(C)C. The number of nitrogens with two attached hydrogens (primary N) is 1. The molecule has 1 unspecified atom stereocenters. The first-order valence-electron chi connectivity index (χ1n) is 7.43. The largest absolute Gasteiger partial charge is 0.330 e. The van der Waals surface area contributed by atoms with Crippen LogP contribution >= 0.6 is 0 Å². The van der Waals surface area contributed by atoms with Crippen molar-refractivity contribution in [2.45, 2.75) is 60.3 Å². The summed E-state index contributed by atoms with van der Waals surface area (Å²) in [4.78, 5) is 0. The number of benzene rings is 1. The quantitative estimate of drug-likeness (QED) is 0.831. The summed E-state index contributed by atoms with van der Waals surface area (Å²) in [5, 5.41) is 0. The van der Waals surface area contributed by atoms with E-state index in [-0.39, 0.29) is 5.41 Å². The van der Waals surface area contributed by atoms with Gasteiger partial charge in [0, 0.05) is 0 Å². The van der Waals surface area contributed by atoms with E-state index in [1.165, 1.54) is 17.5 Å². The molecule has 0 saturated heterocycles. The highest BCUT2D eigenvalue weighted by Gasteiger charge is 2.31. The van der Waals surface area contributed by atoms with Gasteiger partial charge in [0.1, 0.15) is 0 Å². The van der Waals surface area contributed by atoms with E-state index in [2.05, 4.69) is 65.8 Å². The molecule has 108 valence electrons. The monoisotopic (exact) mass is 261 g/mol. The van der Waals surface area contributed by atoms with Gasteiger partial charge in [-0.1, -0.05) is 65.8 Å². The Hall–Kier alpha value is -0.820. The number of rotatable bonds is 4. The smallest absolute Gasteiger partial charge is 0.00366 e. The molecule has 0 spiro atoms. The predicted molar refractivity (Wildman–Crippen MR) is 85.5 cm³/mol. The highest BCUT2D eigenvalue weighted by molar-refractivity contribution is 5.32. The van der Waals surface area contributed by atoms with Crippen LogP contribution in [0.3, 0.4) is 0 Å². The Balaban J connectivity index is 3.18. The highest BCUT2D eigenvalue weighted by Crippen LogP contribution is 2.44. The summed E-state index contributed by atoms with van der Waals surface area (Å²) in [7, 11) is 0. The number of hydrogen-bond acceptors (Lipinski definition) is 1. The van der Waals surface area contributed by atoms with E-state index in [0.717, 1.165) is 13.0 Å². The molecule has 0 radical (unpaired) electrons. The van der Waals surface area contributed by atoms with Gasteiger partial charge in [0.15, 0.2) is 0 Å². The first kappa shape index (κ1) is 16.2. The molecule has 0 aromatic heterocycles. The number of hydrogen-bond donors (Lipinski definition) is 1. The molecule has 1 heteroatoms. The van der Waals surface area contributed by atoms with Crippen molar-refractivity contribution in [2.24, 2.45) is 16.6 Å². The molecule has 0 aliphatic rings. The van der Waals surface area contributed by atoms with Gasteiger partial charge in [0.05, 0.1) is 0 Å². The van der Waals surface area contributed by atoms with Crippen LogP contribution < -0.4 is 5.73 Å². The normalized spacial score (nSPS) is 14.5. The second-order valence-corrected chi connectivity index (χ2v) is 7.92. The van der Waals surface area contributed by atoms with Gasteiger partial charge in [0.25, 0.3) is 0 Å². The van der Waals surface area contributed by atoms with Crippen molar-refractivity contribution < 1.29 is 0 Å². The fraction of sp³-hybridized carbons (Fsp3) is 0.667. The van der Waals surface area contributed by atoms with Crippen LogP contribution in [0, 0.1) is 10.8 Å². The molecule has 1 aromatic rings. The van der Waals surface area contributed by atoms with Crippen molar-refractivity contribution in [3.8, 4) is 0 Å². The lowest BCUT2D eigenvalue weighted by molar-refractivity contribution is 0.228. The Morgan fingerprint density at radius 1 is 1.00 bits per heavy atom. The van der Waals surface area contributed by atoms with E-state index in [0.29, 0.717) is 11.3 Å². The van der Waals surface area contributed by atoms with E-state index < -0.39 is 0 Å². The third kappa shape index (κ3) is 4.99. The second kappa shape index (κ2) is 6.09. The van der Waals surface area contributed by atoms with E-state index in [1.54, 1.807) is 0 Å². The zero-order chi connectivity index (χ0) is 14.7.